The molecule has 9 atom stereocenters. The van der Waals surface area contributed by atoms with E-state index in [0.717, 1.165) is 25.7 Å². The zero-order valence-corrected chi connectivity index (χ0v) is 43.1. The number of aliphatic hydroxyl groups excluding tert-OH is 1. The van der Waals surface area contributed by atoms with Gasteiger partial charge >= 0.3 is 5.97 Å². The van der Waals surface area contributed by atoms with E-state index in [1.807, 2.05) is 0 Å². The molecule has 25 nitrogen and oxygen atoms in total. The molecule has 1 saturated heterocycles. The Balaban J connectivity index is 2.68. The van der Waals surface area contributed by atoms with Crippen molar-refractivity contribution in [3.05, 3.63) is 35.9 Å². The molecule has 1 fully saturated rings. The fraction of sp³-hybridized carbons (Fsp3) is 0.673. The van der Waals surface area contributed by atoms with Gasteiger partial charge in [0.1, 0.15) is 48.3 Å². The van der Waals surface area contributed by atoms with Crippen LogP contribution in [-0.4, -0.2) is 157 Å². The van der Waals surface area contributed by atoms with Gasteiger partial charge in [-0.15, -0.1) is 0 Å². The molecule has 0 saturated carbocycles. The first-order chi connectivity index (χ1) is 35.3. The van der Waals surface area contributed by atoms with Crippen molar-refractivity contribution in [2.24, 2.45) is 28.9 Å². The van der Waals surface area contributed by atoms with Crippen molar-refractivity contribution in [3.8, 4) is 0 Å². The lowest BCUT2D eigenvalue weighted by Crippen LogP contribution is -2.61. The minimum Gasteiger partial charge on any atom is -0.481 e. The van der Waals surface area contributed by atoms with Crippen molar-refractivity contribution >= 4 is 59.1 Å². The molecule has 0 bridgehead atoms. The van der Waals surface area contributed by atoms with Crippen LogP contribution in [-0.2, 0) is 54.4 Å². The van der Waals surface area contributed by atoms with Crippen molar-refractivity contribution in [2.75, 3.05) is 32.7 Å². The SMILES string of the molecule is CCCCCCC[C@@H](O)CC(=O)N[C@H](CCN)C(=O)N[C@H]1CCNC(=O)[C@H](CC(=O)O)NC(=O)[C@H](CCN)NC(=O)[C@H](CCN)NC(=O)[C@H](CC(C)C)NC(=O)[C@@H](Cc2ccccc2)NC(=O)[C@H](CCN)NC1=O. The summed E-state index contributed by atoms with van der Waals surface area (Å²) >= 11 is 0. The van der Waals surface area contributed by atoms with E-state index in [1.165, 1.54) is 0 Å². The molecule has 0 aliphatic carbocycles. The van der Waals surface area contributed by atoms with Gasteiger partial charge in [-0.1, -0.05) is 83.2 Å². The van der Waals surface area contributed by atoms with Crippen molar-refractivity contribution in [1.82, 2.24) is 47.9 Å². The van der Waals surface area contributed by atoms with Gasteiger partial charge in [-0.3, -0.25) is 47.9 Å². The van der Waals surface area contributed by atoms with Crippen LogP contribution in [0.5, 0.6) is 0 Å². The van der Waals surface area contributed by atoms with E-state index in [2.05, 4.69) is 54.8 Å². The molecule has 0 aromatic heterocycles. The van der Waals surface area contributed by atoms with Crippen LogP contribution in [0.4, 0.5) is 0 Å². The maximum atomic E-state index is 14.3. The number of nitrogens with one attached hydrogen (secondary N) is 9. The topological polar surface area (TPSA) is 424 Å². The first-order valence-electron chi connectivity index (χ1n) is 25.7. The molecule has 1 aliphatic heterocycles. The highest BCUT2D eigenvalue weighted by Gasteiger charge is 2.36. The Labute approximate surface area is 433 Å². The Morgan fingerprint density at radius 2 is 1.14 bits per heavy atom. The quantitative estimate of drug-likeness (QED) is 0.0426. The lowest BCUT2D eigenvalue weighted by atomic mass is 10.00. The number of carbonyl (C=O) groups excluding carboxylic acids is 9. The molecular weight excluding hydrogens is 963 g/mol. The first kappa shape index (κ1) is 63.8. The van der Waals surface area contributed by atoms with Crippen molar-refractivity contribution < 1.29 is 58.2 Å². The lowest BCUT2D eigenvalue weighted by molar-refractivity contribution is -0.141. The molecule has 2 rings (SSSR count). The number of carboxylic acids is 1. The van der Waals surface area contributed by atoms with E-state index < -0.39 is 133 Å². The maximum absolute atomic E-state index is 14.3. The van der Waals surface area contributed by atoms with Crippen LogP contribution in [0, 0.1) is 5.92 Å². The van der Waals surface area contributed by atoms with E-state index in [0.29, 0.717) is 18.4 Å². The number of unbranched alkanes of at least 4 members (excludes halogenated alkanes) is 4. The molecule has 9 amide bonds. The van der Waals surface area contributed by atoms with Gasteiger partial charge in [0.2, 0.25) is 53.2 Å². The summed E-state index contributed by atoms with van der Waals surface area (Å²) in [6, 6.07) is -2.94. The second-order valence-electron chi connectivity index (χ2n) is 18.9. The van der Waals surface area contributed by atoms with Gasteiger partial charge in [-0.2, -0.15) is 0 Å². The molecule has 25 heteroatoms. The standard InChI is InChI=1S/C49H83N13O12/c1-4-5-6-7-11-14-31(63)27-40(64)55-32(15-20-50)43(68)59-36-19-24-54-42(67)39(28-41(65)66)62-46(71)35(18-23-53)56-44(69)33(16-21-51)58-48(73)37(25-29(2)3)60-49(74)38(26-30-12-9-8-10-13-30)61-45(70)34(17-22-52)57-47(36)72/h8-10,12-13,29,31-39,63H,4-7,11,14-28,50-53H2,1-3H3,(H,54,67)(H,55,64)(H,56,69)(H,57,72)(H,58,73)(H,59,68)(H,60,74)(H,61,70)(H,62,71)(H,65,66)/t31-,32-,33+,34+,35+,36+,37+,38-,39+/m1/s1. The molecule has 1 aliphatic rings. The molecule has 0 spiro atoms. The van der Waals surface area contributed by atoms with Crippen LogP contribution in [0.25, 0.3) is 0 Å². The average molecular weight is 1050 g/mol. The summed E-state index contributed by atoms with van der Waals surface area (Å²) in [4.78, 5) is 137. The average Bonchev–Trinajstić information content (AvgIpc) is 3.34. The van der Waals surface area contributed by atoms with Gasteiger partial charge in [0.05, 0.1) is 18.9 Å². The third-order valence-electron chi connectivity index (χ3n) is 12.1. The molecule has 74 heavy (non-hydrogen) atoms. The van der Waals surface area contributed by atoms with Gasteiger partial charge in [0, 0.05) is 13.0 Å². The smallest absolute Gasteiger partial charge is 0.305 e. The van der Waals surface area contributed by atoms with E-state index >= 15 is 0 Å². The predicted octanol–water partition coefficient (Wildman–Crippen LogP) is -3.35. The van der Waals surface area contributed by atoms with Gasteiger partial charge in [-0.25, -0.2) is 0 Å². The highest BCUT2D eigenvalue weighted by atomic mass is 16.4. The van der Waals surface area contributed by atoms with Crippen LogP contribution in [0.1, 0.15) is 116 Å². The minimum atomic E-state index is -1.75. The summed E-state index contributed by atoms with van der Waals surface area (Å²) in [5, 5.41) is 43.3. The van der Waals surface area contributed by atoms with E-state index in [1.54, 1.807) is 44.2 Å². The monoisotopic (exact) mass is 1050 g/mol. The van der Waals surface area contributed by atoms with Crippen LogP contribution in [0.2, 0.25) is 0 Å². The molecule has 0 radical (unpaired) electrons. The summed E-state index contributed by atoms with van der Waals surface area (Å²) in [7, 11) is 0. The number of hydrogen-bond acceptors (Lipinski definition) is 15. The summed E-state index contributed by atoms with van der Waals surface area (Å²) in [5.41, 5.74) is 24.0. The summed E-state index contributed by atoms with van der Waals surface area (Å²) in [6.07, 6.45) is 1.71. The van der Waals surface area contributed by atoms with Crippen LogP contribution >= 0.6 is 0 Å². The fourth-order valence-electron chi connectivity index (χ4n) is 8.08. The summed E-state index contributed by atoms with van der Waals surface area (Å²) in [6.45, 7) is 4.68. The van der Waals surface area contributed by atoms with E-state index in [-0.39, 0.29) is 77.0 Å². The third kappa shape index (κ3) is 24.2. The number of aliphatic carboxylic acids is 1. The Bertz CT molecular complexity index is 1980. The van der Waals surface area contributed by atoms with Gasteiger partial charge < -0.3 is 81.0 Å². The normalized spacial score (nSPS) is 22.9. The number of amides is 9. The van der Waals surface area contributed by atoms with Crippen LogP contribution in [0.3, 0.4) is 0 Å². The zero-order valence-electron chi connectivity index (χ0n) is 43.1. The number of hydrogen-bond donors (Lipinski definition) is 15. The Morgan fingerprint density at radius 3 is 1.66 bits per heavy atom. The van der Waals surface area contributed by atoms with Crippen LogP contribution in [0.15, 0.2) is 30.3 Å². The fourth-order valence-corrected chi connectivity index (χ4v) is 8.08. The third-order valence-corrected chi connectivity index (χ3v) is 12.1. The second-order valence-corrected chi connectivity index (χ2v) is 18.9. The molecule has 1 aromatic carbocycles. The van der Waals surface area contributed by atoms with Crippen LogP contribution < -0.4 is 70.8 Å². The Morgan fingerprint density at radius 1 is 0.635 bits per heavy atom. The lowest BCUT2D eigenvalue weighted by Gasteiger charge is -2.28. The number of carbonyl (C=O) groups is 10. The van der Waals surface area contributed by atoms with Gasteiger partial charge in [-0.05, 0) is 82.6 Å². The van der Waals surface area contributed by atoms with Crippen molar-refractivity contribution in [2.45, 2.75) is 172 Å². The summed E-state index contributed by atoms with van der Waals surface area (Å²) in [5.74, 6) is -9.62. The minimum absolute atomic E-state index is 0.0572. The number of aliphatic hydroxyl groups is 1. The molecule has 19 N–H and O–H groups in total. The zero-order chi connectivity index (χ0) is 55.2. The highest BCUT2D eigenvalue weighted by Crippen LogP contribution is 2.12. The number of benzene rings is 1. The summed E-state index contributed by atoms with van der Waals surface area (Å²) < 4.78 is 0. The van der Waals surface area contributed by atoms with Crippen molar-refractivity contribution in [1.29, 1.82) is 0 Å². The Hall–Kier alpha value is -6.28. The van der Waals surface area contributed by atoms with Crippen molar-refractivity contribution in [3.63, 3.8) is 0 Å². The van der Waals surface area contributed by atoms with Gasteiger partial charge in [0.25, 0.3) is 0 Å². The number of nitrogens with two attached hydrogens (primary N) is 4. The second kappa shape index (κ2) is 35.0. The number of rotatable bonds is 25. The van der Waals surface area contributed by atoms with Gasteiger partial charge in [0.15, 0.2) is 0 Å². The predicted molar refractivity (Wildman–Crippen MR) is 274 cm³/mol. The largest absolute Gasteiger partial charge is 0.481 e. The van der Waals surface area contributed by atoms with E-state index in [9.17, 15) is 58.2 Å². The maximum Gasteiger partial charge on any atom is 0.305 e. The first-order valence-corrected chi connectivity index (χ1v) is 25.7. The number of carboxylic acid groups (broad SMARTS) is 1. The molecular formula is C49H83N13O12. The molecule has 1 aromatic rings. The highest BCUT2D eigenvalue weighted by molar-refractivity contribution is 5.98. The Kier molecular flexibility index (Phi) is 30.2. The van der Waals surface area contributed by atoms with E-state index in [4.69, 9.17) is 22.9 Å². The molecule has 1 heterocycles. The molecule has 416 valence electrons. The molecule has 0 unspecified atom stereocenters.